The maximum Gasteiger partial charge on any atom is 0.409 e. The average Bonchev–Trinajstić information content (AvgIpc) is 2.72. The smallest absolute Gasteiger partial charge is 0.409 e. The number of carbonyl (C=O) groups excluding carboxylic acids is 3. The monoisotopic (exact) mass is 417 g/mol. The van der Waals surface area contributed by atoms with Crippen molar-refractivity contribution in [1.29, 1.82) is 0 Å². The lowest BCUT2D eigenvalue weighted by Crippen LogP contribution is -2.47. The topological polar surface area (TPSA) is 88.2 Å². The molecule has 0 radical (unpaired) electrons. The van der Waals surface area contributed by atoms with E-state index < -0.39 is 0 Å². The SMILES string of the molecule is CCOC(=O)N1CCC(NC(=O)CCC(=O)N2C[C@H](C)Oc3ccc(C)cc32)CC1. The highest BCUT2D eigenvalue weighted by Gasteiger charge is 2.28. The summed E-state index contributed by atoms with van der Waals surface area (Å²) in [5.74, 6) is 0.485. The molecule has 1 fully saturated rings. The Kier molecular flexibility index (Phi) is 7.18. The summed E-state index contributed by atoms with van der Waals surface area (Å²) < 4.78 is 10.8. The summed E-state index contributed by atoms with van der Waals surface area (Å²) in [4.78, 5) is 40.3. The van der Waals surface area contributed by atoms with E-state index >= 15 is 0 Å². The first-order valence-electron chi connectivity index (χ1n) is 10.7. The van der Waals surface area contributed by atoms with Crippen molar-refractivity contribution in [2.75, 3.05) is 31.1 Å². The van der Waals surface area contributed by atoms with Crippen LogP contribution < -0.4 is 15.0 Å². The van der Waals surface area contributed by atoms with E-state index in [1.807, 2.05) is 32.0 Å². The van der Waals surface area contributed by atoms with Crippen molar-refractivity contribution in [3.63, 3.8) is 0 Å². The minimum Gasteiger partial charge on any atom is -0.487 e. The van der Waals surface area contributed by atoms with Gasteiger partial charge in [-0.1, -0.05) is 6.07 Å². The zero-order chi connectivity index (χ0) is 21.7. The molecule has 1 aromatic carbocycles. The van der Waals surface area contributed by atoms with Gasteiger partial charge in [-0.2, -0.15) is 0 Å². The Hall–Kier alpha value is -2.77. The maximum atomic E-state index is 12.8. The second kappa shape index (κ2) is 9.82. The zero-order valence-corrected chi connectivity index (χ0v) is 18.0. The second-order valence-electron chi connectivity index (χ2n) is 7.93. The van der Waals surface area contributed by atoms with E-state index in [-0.39, 0.29) is 42.9 Å². The Bertz CT molecular complexity index is 789. The molecule has 1 saturated heterocycles. The van der Waals surface area contributed by atoms with Crippen molar-refractivity contribution in [2.45, 2.75) is 58.6 Å². The van der Waals surface area contributed by atoms with Gasteiger partial charge in [0.15, 0.2) is 0 Å². The van der Waals surface area contributed by atoms with Crippen molar-refractivity contribution < 1.29 is 23.9 Å². The normalized spacial score (nSPS) is 19.0. The molecule has 2 aliphatic rings. The number of piperidine rings is 1. The van der Waals surface area contributed by atoms with E-state index in [9.17, 15) is 14.4 Å². The summed E-state index contributed by atoms with van der Waals surface area (Å²) in [5.41, 5.74) is 1.82. The molecule has 0 unspecified atom stereocenters. The zero-order valence-electron chi connectivity index (χ0n) is 18.0. The van der Waals surface area contributed by atoms with Gasteiger partial charge >= 0.3 is 6.09 Å². The first-order valence-corrected chi connectivity index (χ1v) is 10.7. The first-order chi connectivity index (χ1) is 14.4. The fraction of sp³-hybridized carbons (Fsp3) is 0.591. The van der Waals surface area contributed by atoms with Crippen molar-refractivity contribution >= 4 is 23.6 Å². The van der Waals surface area contributed by atoms with Crippen LogP contribution in [0.5, 0.6) is 5.75 Å². The van der Waals surface area contributed by atoms with Crippen LogP contribution in [0.1, 0.15) is 45.1 Å². The number of rotatable bonds is 5. The van der Waals surface area contributed by atoms with Gasteiger partial charge in [0.1, 0.15) is 11.9 Å². The molecular weight excluding hydrogens is 386 g/mol. The highest BCUT2D eigenvalue weighted by Crippen LogP contribution is 2.34. The number of anilines is 1. The number of likely N-dealkylation sites (tertiary alicyclic amines) is 1. The third-order valence-electron chi connectivity index (χ3n) is 5.43. The lowest BCUT2D eigenvalue weighted by molar-refractivity contribution is -0.126. The number of hydrogen-bond acceptors (Lipinski definition) is 5. The van der Waals surface area contributed by atoms with Crippen LogP contribution >= 0.6 is 0 Å². The molecular formula is C22H31N3O5. The van der Waals surface area contributed by atoms with Crippen LogP contribution in [-0.4, -0.2) is 61.2 Å². The Morgan fingerprint density at radius 2 is 1.93 bits per heavy atom. The number of nitrogens with zero attached hydrogens (tertiary/aromatic N) is 2. The van der Waals surface area contributed by atoms with Crippen LogP contribution in [0.25, 0.3) is 0 Å². The Morgan fingerprint density at radius 3 is 2.63 bits per heavy atom. The van der Waals surface area contributed by atoms with Gasteiger partial charge < -0.3 is 24.6 Å². The molecule has 2 aliphatic heterocycles. The second-order valence-corrected chi connectivity index (χ2v) is 7.93. The van der Waals surface area contributed by atoms with Crippen molar-refractivity contribution in [3.8, 4) is 5.75 Å². The molecule has 0 aliphatic carbocycles. The summed E-state index contributed by atoms with van der Waals surface area (Å²) >= 11 is 0. The minimum absolute atomic E-state index is 0.0186. The molecule has 2 heterocycles. The molecule has 0 saturated carbocycles. The molecule has 3 rings (SSSR count). The van der Waals surface area contributed by atoms with Gasteiger partial charge in [-0.15, -0.1) is 0 Å². The number of amides is 3. The van der Waals surface area contributed by atoms with Crippen LogP contribution in [0.2, 0.25) is 0 Å². The number of benzene rings is 1. The predicted octanol–water partition coefficient (Wildman–Crippen LogP) is 2.63. The average molecular weight is 418 g/mol. The van der Waals surface area contributed by atoms with Gasteiger partial charge in [-0.05, 0) is 51.3 Å². The van der Waals surface area contributed by atoms with Gasteiger partial charge in [0, 0.05) is 32.0 Å². The van der Waals surface area contributed by atoms with Crippen LogP contribution in [0, 0.1) is 6.92 Å². The summed E-state index contributed by atoms with van der Waals surface area (Å²) in [7, 11) is 0. The lowest BCUT2D eigenvalue weighted by atomic mass is 10.0. The largest absolute Gasteiger partial charge is 0.487 e. The van der Waals surface area contributed by atoms with E-state index in [2.05, 4.69) is 5.32 Å². The molecule has 30 heavy (non-hydrogen) atoms. The molecule has 164 valence electrons. The van der Waals surface area contributed by atoms with Gasteiger partial charge in [-0.3, -0.25) is 9.59 Å². The van der Waals surface area contributed by atoms with Crippen LogP contribution in [0.4, 0.5) is 10.5 Å². The fourth-order valence-corrected chi connectivity index (χ4v) is 3.86. The van der Waals surface area contributed by atoms with E-state index in [4.69, 9.17) is 9.47 Å². The standard InChI is InChI=1S/C22H31N3O5/c1-4-29-22(28)24-11-9-17(10-12-24)23-20(26)7-8-21(27)25-14-16(3)30-19-6-5-15(2)13-18(19)25/h5-6,13,16-17H,4,7-12,14H2,1-3H3,(H,23,26)/t16-/m0/s1. The van der Waals surface area contributed by atoms with Crippen molar-refractivity contribution in [2.24, 2.45) is 0 Å². The fourth-order valence-electron chi connectivity index (χ4n) is 3.86. The Labute approximate surface area is 177 Å². The third-order valence-corrected chi connectivity index (χ3v) is 5.43. The number of carbonyl (C=O) groups is 3. The van der Waals surface area contributed by atoms with Crippen LogP contribution in [0.15, 0.2) is 18.2 Å². The van der Waals surface area contributed by atoms with Crippen molar-refractivity contribution in [1.82, 2.24) is 10.2 Å². The third kappa shape index (κ3) is 5.43. The molecule has 1 aromatic rings. The molecule has 3 amide bonds. The van der Waals surface area contributed by atoms with Gasteiger partial charge in [0.25, 0.3) is 0 Å². The van der Waals surface area contributed by atoms with Gasteiger partial charge in [0.05, 0.1) is 18.8 Å². The minimum atomic E-state index is -0.303. The Balaban J connectivity index is 1.47. The predicted molar refractivity (Wildman–Crippen MR) is 113 cm³/mol. The summed E-state index contributed by atoms with van der Waals surface area (Å²) in [6.45, 7) is 7.64. The number of hydrogen-bond donors (Lipinski definition) is 1. The molecule has 0 bridgehead atoms. The quantitative estimate of drug-likeness (QED) is 0.796. The van der Waals surface area contributed by atoms with E-state index in [0.29, 0.717) is 44.8 Å². The Morgan fingerprint density at radius 1 is 1.20 bits per heavy atom. The lowest BCUT2D eigenvalue weighted by Gasteiger charge is -2.34. The molecule has 8 nitrogen and oxygen atoms in total. The van der Waals surface area contributed by atoms with Gasteiger partial charge in [-0.25, -0.2) is 4.79 Å². The molecule has 0 spiro atoms. The summed E-state index contributed by atoms with van der Waals surface area (Å²) in [5, 5.41) is 2.99. The van der Waals surface area contributed by atoms with E-state index in [1.54, 1.807) is 16.7 Å². The highest BCUT2D eigenvalue weighted by molar-refractivity contribution is 5.97. The maximum absolute atomic E-state index is 12.8. The number of fused-ring (bicyclic) bond motifs is 1. The number of nitrogens with one attached hydrogen (secondary N) is 1. The first kappa shape index (κ1) is 21.9. The molecule has 1 N–H and O–H groups in total. The number of ether oxygens (including phenoxy) is 2. The van der Waals surface area contributed by atoms with Gasteiger partial charge in [0.2, 0.25) is 11.8 Å². The molecule has 1 atom stereocenters. The number of aryl methyl sites for hydroxylation is 1. The molecule has 0 aromatic heterocycles. The van der Waals surface area contributed by atoms with Crippen LogP contribution in [0.3, 0.4) is 0 Å². The van der Waals surface area contributed by atoms with E-state index in [0.717, 1.165) is 11.3 Å². The van der Waals surface area contributed by atoms with Crippen molar-refractivity contribution in [3.05, 3.63) is 23.8 Å². The van der Waals surface area contributed by atoms with E-state index in [1.165, 1.54) is 0 Å². The van der Waals surface area contributed by atoms with Crippen LogP contribution in [-0.2, 0) is 14.3 Å². The summed E-state index contributed by atoms with van der Waals surface area (Å²) in [6, 6.07) is 5.80. The molecule has 8 heteroatoms. The summed E-state index contributed by atoms with van der Waals surface area (Å²) in [6.07, 6.45) is 1.26. The highest BCUT2D eigenvalue weighted by atomic mass is 16.6.